The molecule has 0 spiro atoms. The summed E-state index contributed by atoms with van der Waals surface area (Å²) in [7, 11) is 0. The predicted molar refractivity (Wildman–Crippen MR) is 66.4 cm³/mol. The topological polar surface area (TPSA) is 55.1 Å². The Morgan fingerprint density at radius 3 is 2.94 bits per heavy atom. The summed E-state index contributed by atoms with van der Waals surface area (Å²) in [6, 6.07) is 7.32. The summed E-state index contributed by atoms with van der Waals surface area (Å²) in [5.41, 5.74) is 6.38. The molecule has 3 nitrogen and oxygen atoms in total. The average molecular weight is 241 g/mol. The van der Waals surface area contributed by atoms with Crippen LogP contribution in [-0.2, 0) is 11.2 Å². The highest BCUT2D eigenvalue weighted by atomic mass is 35.5. The molecule has 1 aromatic carbocycles. The van der Waals surface area contributed by atoms with Crippen LogP contribution in [0.25, 0.3) is 0 Å². The fourth-order valence-corrected chi connectivity index (χ4v) is 1.48. The Hall–Kier alpha value is -1.06. The molecule has 0 aliphatic heterocycles. The van der Waals surface area contributed by atoms with Crippen LogP contribution in [0.5, 0.6) is 0 Å². The number of nitrogens with one attached hydrogen (secondary N) is 1. The second kappa shape index (κ2) is 6.51. The Morgan fingerprint density at radius 1 is 1.56 bits per heavy atom. The van der Waals surface area contributed by atoms with Crippen LogP contribution in [0.2, 0.25) is 5.02 Å². The minimum absolute atomic E-state index is 0.00238. The van der Waals surface area contributed by atoms with E-state index in [2.05, 4.69) is 5.32 Å². The highest BCUT2D eigenvalue weighted by Crippen LogP contribution is 2.10. The molecule has 0 aromatic heterocycles. The number of benzene rings is 1. The van der Waals surface area contributed by atoms with Gasteiger partial charge in [0, 0.05) is 11.6 Å². The van der Waals surface area contributed by atoms with E-state index in [9.17, 15) is 4.79 Å². The first-order valence-corrected chi connectivity index (χ1v) is 5.71. The number of carbonyl (C=O) groups excluding carboxylic acids is 1. The lowest BCUT2D eigenvalue weighted by molar-refractivity contribution is -0.120. The molecule has 1 atom stereocenters. The lowest BCUT2D eigenvalue weighted by Gasteiger charge is -2.10. The van der Waals surface area contributed by atoms with Gasteiger partial charge in [0.1, 0.15) is 0 Å². The molecule has 0 fully saturated rings. The van der Waals surface area contributed by atoms with Gasteiger partial charge in [-0.25, -0.2) is 0 Å². The molecule has 3 N–H and O–H groups in total. The third-order valence-corrected chi connectivity index (χ3v) is 2.54. The van der Waals surface area contributed by atoms with E-state index in [1.165, 1.54) is 0 Å². The molecule has 0 heterocycles. The van der Waals surface area contributed by atoms with Crippen LogP contribution in [-0.4, -0.2) is 19.0 Å². The van der Waals surface area contributed by atoms with Gasteiger partial charge >= 0.3 is 0 Å². The molecule has 0 saturated carbocycles. The highest BCUT2D eigenvalue weighted by Gasteiger charge is 2.05. The summed E-state index contributed by atoms with van der Waals surface area (Å²) in [5.74, 6) is 0.311. The van der Waals surface area contributed by atoms with Crippen molar-refractivity contribution >= 4 is 17.5 Å². The van der Waals surface area contributed by atoms with Gasteiger partial charge in [-0.15, -0.1) is 0 Å². The summed E-state index contributed by atoms with van der Waals surface area (Å²) in [5, 5.41) is 3.49. The standard InChI is InChI=1S/C12H17ClN2O/c1-9(7-14)8-15-12(16)6-10-3-2-4-11(13)5-10/h2-5,9H,6-8,14H2,1H3,(H,15,16). The molecule has 0 bridgehead atoms. The Labute approximate surface area is 101 Å². The van der Waals surface area contributed by atoms with E-state index >= 15 is 0 Å². The molecule has 1 rings (SSSR count). The zero-order valence-electron chi connectivity index (χ0n) is 9.37. The maximum absolute atomic E-state index is 11.5. The van der Waals surface area contributed by atoms with Gasteiger partial charge in [0.25, 0.3) is 0 Å². The van der Waals surface area contributed by atoms with Crippen LogP contribution in [0, 0.1) is 5.92 Å². The Bertz CT molecular complexity index is 355. The monoisotopic (exact) mass is 240 g/mol. The lowest BCUT2D eigenvalue weighted by atomic mass is 10.1. The van der Waals surface area contributed by atoms with Crippen LogP contribution in [0.15, 0.2) is 24.3 Å². The molecule has 1 aromatic rings. The quantitative estimate of drug-likeness (QED) is 0.821. The summed E-state index contributed by atoms with van der Waals surface area (Å²) in [6.45, 7) is 3.20. The minimum Gasteiger partial charge on any atom is -0.356 e. The van der Waals surface area contributed by atoms with Crippen molar-refractivity contribution in [1.82, 2.24) is 5.32 Å². The maximum atomic E-state index is 11.5. The second-order valence-corrected chi connectivity index (χ2v) is 4.39. The van der Waals surface area contributed by atoms with Crippen LogP contribution < -0.4 is 11.1 Å². The van der Waals surface area contributed by atoms with Crippen LogP contribution in [0.3, 0.4) is 0 Å². The molecular weight excluding hydrogens is 224 g/mol. The molecule has 0 aliphatic carbocycles. The number of hydrogen-bond acceptors (Lipinski definition) is 2. The lowest BCUT2D eigenvalue weighted by Crippen LogP contribution is -2.32. The van der Waals surface area contributed by atoms with Gasteiger partial charge in [0.15, 0.2) is 0 Å². The molecule has 1 amide bonds. The molecule has 16 heavy (non-hydrogen) atoms. The highest BCUT2D eigenvalue weighted by molar-refractivity contribution is 6.30. The first-order chi connectivity index (χ1) is 7.61. The number of hydrogen-bond donors (Lipinski definition) is 2. The number of halogens is 1. The molecule has 4 heteroatoms. The van der Waals surface area contributed by atoms with E-state index < -0.39 is 0 Å². The van der Waals surface area contributed by atoms with Crippen LogP contribution in [0.4, 0.5) is 0 Å². The molecule has 0 saturated heterocycles. The van der Waals surface area contributed by atoms with Crippen molar-refractivity contribution in [3.63, 3.8) is 0 Å². The summed E-state index contributed by atoms with van der Waals surface area (Å²) in [4.78, 5) is 11.5. The molecule has 0 aliphatic rings. The zero-order valence-corrected chi connectivity index (χ0v) is 10.1. The SMILES string of the molecule is CC(CN)CNC(=O)Cc1cccc(Cl)c1. The molecular formula is C12H17ClN2O. The van der Waals surface area contributed by atoms with Crippen LogP contribution >= 0.6 is 11.6 Å². The smallest absolute Gasteiger partial charge is 0.224 e. The van der Waals surface area contributed by atoms with Crippen molar-refractivity contribution in [3.8, 4) is 0 Å². The van der Waals surface area contributed by atoms with E-state index in [0.717, 1.165) is 5.56 Å². The Morgan fingerprint density at radius 2 is 2.31 bits per heavy atom. The van der Waals surface area contributed by atoms with Crippen molar-refractivity contribution in [1.29, 1.82) is 0 Å². The third kappa shape index (κ3) is 4.64. The van der Waals surface area contributed by atoms with E-state index in [4.69, 9.17) is 17.3 Å². The number of nitrogens with two attached hydrogens (primary N) is 1. The van der Waals surface area contributed by atoms with E-state index in [1.54, 1.807) is 12.1 Å². The van der Waals surface area contributed by atoms with E-state index in [-0.39, 0.29) is 5.91 Å². The van der Waals surface area contributed by atoms with Crippen molar-refractivity contribution < 1.29 is 4.79 Å². The first kappa shape index (κ1) is 13.0. The first-order valence-electron chi connectivity index (χ1n) is 5.33. The second-order valence-electron chi connectivity index (χ2n) is 3.95. The largest absolute Gasteiger partial charge is 0.356 e. The normalized spacial score (nSPS) is 12.2. The van der Waals surface area contributed by atoms with Gasteiger partial charge in [-0.3, -0.25) is 4.79 Å². The van der Waals surface area contributed by atoms with Crippen molar-refractivity contribution in [2.75, 3.05) is 13.1 Å². The van der Waals surface area contributed by atoms with Gasteiger partial charge < -0.3 is 11.1 Å². The summed E-state index contributed by atoms with van der Waals surface area (Å²) >= 11 is 5.83. The Balaban J connectivity index is 2.40. The third-order valence-electron chi connectivity index (χ3n) is 2.30. The zero-order chi connectivity index (χ0) is 12.0. The van der Waals surface area contributed by atoms with Gasteiger partial charge in [-0.1, -0.05) is 30.7 Å². The number of amides is 1. The molecule has 1 unspecified atom stereocenters. The van der Waals surface area contributed by atoms with Gasteiger partial charge in [-0.05, 0) is 30.2 Å². The van der Waals surface area contributed by atoms with E-state index in [1.807, 2.05) is 19.1 Å². The van der Waals surface area contributed by atoms with Crippen molar-refractivity contribution in [2.24, 2.45) is 11.7 Å². The fraction of sp³-hybridized carbons (Fsp3) is 0.417. The Kier molecular flexibility index (Phi) is 5.29. The van der Waals surface area contributed by atoms with E-state index in [0.29, 0.717) is 30.5 Å². The summed E-state index contributed by atoms with van der Waals surface area (Å²) in [6.07, 6.45) is 0.359. The van der Waals surface area contributed by atoms with Gasteiger partial charge in [0.2, 0.25) is 5.91 Å². The number of carbonyl (C=O) groups is 1. The fourth-order valence-electron chi connectivity index (χ4n) is 1.27. The minimum atomic E-state index is 0.00238. The van der Waals surface area contributed by atoms with Crippen LogP contribution in [0.1, 0.15) is 12.5 Å². The number of rotatable bonds is 5. The van der Waals surface area contributed by atoms with Gasteiger partial charge in [0.05, 0.1) is 6.42 Å². The predicted octanol–water partition coefficient (Wildman–Crippen LogP) is 1.59. The van der Waals surface area contributed by atoms with Crippen molar-refractivity contribution in [2.45, 2.75) is 13.3 Å². The van der Waals surface area contributed by atoms with Gasteiger partial charge in [-0.2, -0.15) is 0 Å². The molecule has 0 radical (unpaired) electrons. The average Bonchev–Trinajstić information content (AvgIpc) is 2.26. The summed E-state index contributed by atoms with van der Waals surface area (Å²) < 4.78 is 0. The van der Waals surface area contributed by atoms with Crippen molar-refractivity contribution in [3.05, 3.63) is 34.9 Å². The maximum Gasteiger partial charge on any atom is 0.224 e. The molecule has 88 valence electrons.